The third kappa shape index (κ3) is 4.30. The number of allylic oxidation sites excluding steroid dienone is 3. The zero-order valence-corrected chi connectivity index (χ0v) is 24.5. The lowest BCUT2D eigenvalue weighted by Crippen LogP contribution is -2.64. The summed E-state index contributed by atoms with van der Waals surface area (Å²) in [6.45, 7) is 14.1. The fraction of sp³-hybridized carbons (Fsp3) is 0.818. The molecule has 0 radical (unpaired) electrons. The Kier molecular flexibility index (Phi) is 7.42. The first-order chi connectivity index (χ1) is 17.9. The lowest BCUT2D eigenvalue weighted by atomic mass is 9.45. The van der Waals surface area contributed by atoms with Crippen molar-refractivity contribution in [3.63, 3.8) is 0 Å². The van der Waals surface area contributed by atoms with E-state index in [2.05, 4.69) is 59.8 Å². The highest BCUT2D eigenvalue weighted by Crippen LogP contribution is 2.69. The minimum absolute atomic E-state index is 0.0450. The average molecular weight is 527 g/mol. The Labute approximate surface area is 229 Å². The van der Waals surface area contributed by atoms with Crippen LogP contribution in [-0.4, -0.2) is 28.9 Å². The van der Waals surface area contributed by atoms with Crippen LogP contribution in [0.2, 0.25) is 0 Å². The van der Waals surface area contributed by atoms with Crippen molar-refractivity contribution in [3.8, 4) is 0 Å². The SMILES string of the molecule is CC[C@@H](/C=C/[C@@H](C)[C@H]1CC[C@H]2[C@@H]3CC=C4C[C@H](O)CC5(OC(=O)CCC(=O)O5)[C@]4(C)[C@H]3CC[C@]12C)C(C)C. The zero-order valence-electron chi connectivity index (χ0n) is 24.5. The molecule has 38 heavy (non-hydrogen) atoms. The molecule has 5 nitrogen and oxygen atoms in total. The molecule has 1 aliphatic heterocycles. The number of fused-ring (bicyclic) bond motifs is 6. The Morgan fingerprint density at radius 3 is 2.34 bits per heavy atom. The first kappa shape index (κ1) is 27.9. The number of aliphatic hydroxyl groups is 1. The highest BCUT2D eigenvalue weighted by molar-refractivity contribution is 5.80. The Morgan fingerprint density at radius 2 is 1.71 bits per heavy atom. The monoisotopic (exact) mass is 526 g/mol. The predicted molar refractivity (Wildman–Crippen MR) is 148 cm³/mol. The molecular formula is C33H50O5. The van der Waals surface area contributed by atoms with E-state index in [0.29, 0.717) is 41.9 Å². The first-order valence-electron chi connectivity index (χ1n) is 15.4. The second-order valence-electron chi connectivity index (χ2n) is 14.1. The molecule has 0 unspecified atom stereocenters. The zero-order chi connectivity index (χ0) is 27.5. The molecule has 1 N–H and O–H groups in total. The molecule has 5 aliphatic rings. The molecule has 1 saturated heterocycles. The van der Waals surface area contributed by atoms with Gasteiger partial charge < -0.3 is 14.6 Å². The Bertz CT molecular complexity index is 977. The molecule has 0 aromatic heterocycles. The van der Waals surface area contributed by atoms with Crippen molar-refractivity contribution in [3.05, 3.63) is 23.8 Å². The molecule has 0 aromatic carbocycles. The summed E-state index contributed by atoms with van der Waals surface area (Å²) in [6.07, 6.45) is 14.3. The van der Waals surface area contributed by atoms with Gasteiger partial charge in [-0.1, -0.05) is 58.4 Å². The summed E-state index contributed by atoms with van der Waals surface area (Å²) < 4.78 is 12.2. The van der Waals surface area contributed by atoms with Crippen LogP contribution >= 0.6 is 0 Å². The fourth-order valence-electron chi connectivity index (χ4n) is 9.91. The van der Waals surface area contributed by atoms with Crippen LogP contribution in [0.1, 0.15) is 106 Å². The lowest BCUT2D eigenvalue weighted by molar-refractivity contribution is -0.295. The third-order valence-electron chi connectivity index (χ3n) is 12.0. The van der Waals surface area contributed by atoms with Crippen molar-refractivity contribution >= 4 is 11.9 Å². The van der Waals surface area contributed by atoms with Crippen molar-refractivity contribution in [1.29, 1.82) is 0 Å². The van der Waals surface area contributed by atoms with E-state index in [1.807, 2.05) is 0 Å². The fourth-order valence-corrected chi connectivity index (χ4v) is 9.91. The smallest absolute Gasteiger partial charge is 0.309 e. The van der Waals surface area contributed by atoms with E-state index >= 15 is 0 Å². The highest BCUT2D eigenvalue weighted by atomic mass is 16.7. The van der Waals surface area contributed by atoms with Crippen LogP contribution in [-0.2, 0) is 19.1 Å². The van der Waals surface area contributed by atoms with Gasteiger partial charge in [-0.3, -0.25) is 9.59 Å². The van der Waals surface area contributed by atoms with Crippen LogP contribution in [0.3, 0.4) is 0 Å². The van der Waals surface area contributed by atoms with Crippen LogP contribution in [0, 0.1) is 52.3 Å². The number of hydrogen-bond acceptors (Lipinski definition) is 5. The van der Waals surface area contributed by atoms with Crippen LogP contribution < -0.4 is 0 Å². The van der Waals surface area contributed by atoms with Crippen molar-refractivity contribution in [2.75, 3.05) is 0 Å². The topological polar surface area (TPSA) is 72.8 Å². The van der Waals surface area contributed by atoms with Gasteiger partial charge in [-0.05, 0) is 98.7 Å². The van der Waals surface area contributed by atoms with Crippen molar-refractivity contribution in [1.82, 2.24) is 0 Å². The van der Waals surface area contributed by atoms with Gasteiger partial charge in [0.05, 0.1) is 30.8 Å². The quantitative estimate of drug-likeness (QED) is 0.309. The minimum Gasteiger partial charge on any atom is -0.421 e. The van der Waals surface area contributed by atoms with Gasteiger partial charge in [0, 0.05) is 0 Å². The molecule has 5 heteroatoms. The number of ether oxygens (including phenoxy) is 2. The van der Waals surface area contributed by atoms with Gasteiger partial charge in [-0.15, -0.1) is 0 Å². The van der Waals surface area contributed by atoms with E-state index < -0.39 is 17.3 Å². The van der Waals surface area contributed by atoms with E-state index in [0.717, 1.165) is 24.8 Å². The molecule has 9 atom stereocenters. The molecule has 3 saturated carbocycles. The molecule has 1 spiro atoms. The maximum Gasteiger partial charge on any atom is 0.309 e. The number of esters is 2. The van der Waals surface area contributed by atoms with Gasteiger partial charge in [-0.2, -0.15) is 0 Å². The van der Waals surface area contributed by atoms with E-state index in [4.69, 9.17) is 9.47 Å². The minimum atomic E-state index is -1.40. The Balaban J connectivity index is 1.45. The van der Waals surface area contributed by atoms with Crippen LogP contribution in [0.4, 0.5) is 0 Å². The van der Waals surface area contributed by atoms with Gasteiger partial charge in [-0.25, -0.2) is 0 Å². The van der Waals surface area contributed by atoms with Crippen LogP contribution in [0.25, 0.3) is 0 Å². The second kappa shape index (κ2) is 10.1. The van der Waals surface area contributed by atoms with Crippen molar-refractivity contribution in [2.45, 2.75) is 118 Å². The van der Waals surface area contributed by atoms with Gasteiger partial charge in [0.15, 0.2) is 0 Å². The van der Waals surface area contributed by atoms with Gasteiger partial charge in [0.2, 0.25) is 0 Å². The number of rotatable bonds is 5. The summed E-state index contributed by atoms with van der Waals surface area (Å²) in [7, 11) is 0. The summed E-state index contributed by atoms with van der Waals surface area (Å²) in [5, 5.41) is 10.8. The molecule has 0 amide bonds. The number of carbonyl (C=O) groups excluding carboxylic acids is 2. The summed E-state index contributed by atoms with van der Waals surface area (Å²) in [4.78, 5) is 25.5. The van der Waals surface area contributed by atoms with Crippen LogP contribution in [0.15, 0.2) is 23.8 Å². The van der Waals surface area contributed by atoms with Crippen molar-refractivity contribution in [2.24, 2.45) is 52.3 Å². The summed E-state index contributed by atoms with van der Waals surface area (Å²) >= 11 is 0. The summed E-state index contributed by atoms with van der Waals surface area (Å²) in [5.74, 6) is 1.69. The maximum atomic E-state index is 12.7. The average Bonchev–Trinajstić information content (AvgIpc) is 3.13. The Morgan fingerprint density at radius 1 is 1.03 bits per heavy atom. The number of aliphatic hydroxyl groups excluding tert-OH is 1. The molecule has 4 fully saturated rings. The normalized spacial score (nSPS) is 42.0. The first-order valence-corrected chi connectivity index (χ1v) is 15.4. The lowest BCUT2D eigenvalue weighted by Gasteiger charge is -2.62. The van der Waals surface area contributed by atoms with E-state index in [9.17, 15) is 14.7 Å². The van der Waals surface area contributed by atoms with E-state index in [-0.39, 0.29) is 42.5 Å². The van der Waals surface area contributed by atoms with Gasteiger partial charge in [0.1, 0.15) is 0 Å². The summed E-state index contributed by atoms with van der Waals surface area (Å²) in [6, 6.07) is 0. The molecular weight excluding hydrogens is 476 g/mol. The second-order valence-corrected chi connectivity index (χ2v) is 14.1. The number of hydrogen-bond donors (Lipinski definition) is 1. The van der Waals surface area contributed by atoms with E-state index in [1.54, 1.807) is 0 Å². The van der Waals surface area contributed by atoms with Gasteiger partial charge in [0.25, 0.3) is 5.79 Å². The largest absolute Gasteiger partial charge is 0.421 e. The molecule has 0 bridgehead atoms. The third-order valence-corrected chi connectivity index (χ3v) is 12.0. The maximum absolute atomic E-state index is 12.7. The molecule has 4 aliphatic carbocycles. The van der Waals surface area contributed by atoms with E-state index in [1.165, 1.54) is 19.3 Å². The van der Waals surface area contributed by atoms with Gasteiger partial charge >= 0.3 is 11.9 Å². The molecule has 5 rings (SSSR count). The predicted octanol–water partition coefficient (Wildman–Crippen LogP) is 6.99. The standard InChI is InChI=1S/C33H50O5/c1-7-22(20(2)3)9-8-21(4)26-12-13-27-25-11-10-23-18-24(34)19-33(37-29(35)14-15-30(36)38-33)32(23,6)28(25)16-17-31(26,27)5/h8-10,20-22,24-28,34H,7,11-19H2,1-6H3/b9-8+/t21-,22+,24+,25+,26-,27+,28+,31-,32+/m1/s1. The highest BCUT2D eigenvalue weighted by Gasteiger charge is 2.69. The molecule has 1 heterocycles. The Hall–Kier alpha value is -1.62. The molecule has 212 valence electrons. The molecule has 0 aromatic rings. The van der Waals surface area contributed by atoms with Crippen molar-refractivity contribution < 1.29 is 24.2 Å². The summed E-state index contributed by atoms with van der Waals surface area (Å²) in [5.41, 5.74) is 0.805. The van der Waals surface area contributed by atoms with Crippen LogP contribution in [0.5, 0.6) is 0 Å². The number of carbonyl (C=O) groups is 2.